The van der Waals surface area contributed by atoms with E-state index in [1.807, 2.05) is 0 Å². The summed E-state index contributed by atoms with van der Waals surface area (Å²) < 4.78 is 27.4. The number of halogens is 2. The molecule has 1 aromatic heterocycles. The summed E-state index contributed by atoms with van der Waals surface area (Å²) in [5, 5.41) is 5.73. The lowest BCUT2D eigenvalue weighted by molar-refractivity contribution is 0.0252. The van der Waals surface area contributed by atoms with E-state index in [1.54, 1.807) is 0 Å². The van der Waals surface area contributed by atoms with Crippen LogP contribution in [0.15, 0.2) is 9.59 Å². The molecule has 9 heteroatoms. The molecular formula is C8H13F2N5O2. The summed E-state index contributed by atoms with van der Waals surface area (Å²) in [7, 11) is 2.55. The van der Waals surface area contributed by atoms with Gasteiger partial charge < -0.3 is 11.1 Å². The summed E-state index contributed by atoms with van der Waals surface area (Å²) in [5.41, 5.74) is 3.45. The molecule has 17 heavy (non-hydrogen) atoms. The molecule has 0 saturated carbocycles. The van der Waals surface area contributed by atoms with Gasteiger partial charge in [0.2, 0.25) is 5.82 Å². The van der Waals surface area contributed by atoms with Crippen LogP contribution in [0.2, 0.25) is 0 Å². The van der Waals surface area contributed by atoms with Crippen LogP contribution >= 0.6 is 0 Å². The van der Waals surface area contributed by atoms with E-state index in [0.717, 1.165) is 9.25 Å². The van der Waals surface area contributed by atoms with E-state index in [0.29, 0.717) is 0 Å². The van der Waals surface area contributed by atoms with Gasteiger partial charge in [-0.1, -0.05) is 0 Å². The fourth-order valence-electron chi connectivity index (χ4n) is 1.09. The summed E-state index contributed by atoms with van der Waals surface area (Å²) in [4.78, 5) is 22.8. The van der Waals surface area contributed by atoms with Crippen LogP contribution in [0.3, 0.4) is 0 Å². The van der Waals surface area contributed by atoms with Crippen LogP contribution in [0.25, 0.3) is 0 Å². The Labute approximate surface area is 94.8 Å². The second-order valence-electron chi connectivity index (χ2n) is 3.53. The molecule has 0 radical (unpaired) electrons. The van der Waals surface area contributed by atoms with Crippen molar-refractivity contribution >= 4 is 5.82 Å². The predicted molar refractivity (Wildman–Crippen MR) is 57.2 cm³/mol. The van der Waals surface area contributed by atoms with Crippen molar-refractivity contribution in [2.45, 2.75) is 5.92 Å². The highest BCUT2D eigenvalue weighted by Gasteiger charge is 2.27. The number of hydrogen-bond acceptors (Lipinski definition) is 5. The number of aromatic nitrogens is 3. The van der Waals surface area contributed by atoms with Crippen molar-refractivity contribution in [2.24, 2.45) is 19.8 Å². The molecule has 1 aromatic rings. The summed E-state index contributed by atoms with van der Waals surface area (Å²) >= 11 is 0. The maximum absolute atomic E-state index is 12.9. The molecule has 0 fully saturated rings. The van der Waals surface area contributed by atoms with Gasteiger partial charge in [0.1, 0.15) is 0 Å². The summed E-state index contributed by atoms with van der Waals surface area (Å²) in [6.07, 6.45) is 0. The Kier molecular flexibility index (Phi) is 3.61. The van der Waals surface area contributed by atoms with Gasteiger partial charge in [0.05, 0.1) is 13.1 Å². The lowest BCUT2D eigenvalue weighted by Crippen LogP contribution is -2.42. The van der Waals surface area contributed by atoms with Crippen LogP contribution in [0.4, 0.5) is 14.6 Å². The number of nitrogens with one attached hydrogen (secondary N) is 1. The smallest absolute Gasteiger partial charge is 0.346 e. The molecular weight excluding hydrogens is 236 g/mol. The zero-order valence-electron chi connectivity index (χ0n) is 9.41. The van der Waals surface area contributed by atoms with Gasteiger partial charge in [0.15, 0.2) is 0 Å². The number of nitrogens with two attached hydrogens (primary N) is 1. The number of aryl methyl sites for hydroxylation is 1. The predicted octanol–water partition coefficient (Wildman–Crippen LogP) is -1.52. The minimum atomic E-state index is -3.14. The minimum Gasteiger partial charge on any atom is -0.358 e. The third kappa shape index (κ3) is 2.87. The van der Waals surface area contributed by atoms with Crippen molar-refractivity contribution in [3.63, 3.8) is 0 Å². The van der Waals surface area contributed by atoms with E-state index < -0.39 is 30.3 Å². The largest absolute Gasteiger partial charge is 0.358 e. The van der Waals surface area contributed by atoms with Crippen molar-refractivity contribution in [1.82, 2.24) is 14.3 Å². The van der Waals surface area contributed by atoms with Crippen LogP contribution in [-0.4, -0.2) is 33.4 Å². The first-order valence-electron chi connectivity index (χ1n) is 4.74. The maximum atomic E-state index is 12.9. The van der Waals surface area contributed by atoms with Gasteiger partial charge in [-0.25, -0.2) is 18.3 Å². The van der Waals surface area contributed by atoms with Crippen LogP contribution in [0.1, 0.15) is 0 Å². The Morgan fingerprint density at radius 1 is 1.41 bits per heavy atom. The molecule has 0 bridgehead atoms. The molecule has 0 aromatic carbocycles. The summed E-state index contributed by atoms with van der Waals surface area (Å²) in [5.74, 6) is -3.45. The van der Waals surface area contributed by atoms with Crippen LogP contribution in [-0.2, 0) is 14.1 Å². The molecule has 0 spiro atoms. The zero-order chi connectivity index (χ0) is 13.2. The number of rotatable bonds is 4. The van der Waals surface area contributed by atoms with E-state index in [2.05, 4.69) is 10.4 Å². The highest BCUT2D eigenvalue weighted by atomic mass is 19.3. The van der Waals surface area contributed by atoms with Crippen molar-refractivity contribution in [1.29, 1.82) is 0 Å². The van der Waals surface area contributed by atoms with Gasteiger partial charge >= 0.3 is 5.69 Å². The fraction of sp³-hybridized carbons (Fsp3) is 0.625. The van der Waals surface area contributed by atoms with Crippen molar-refractivity contribution in [2.75, 3.05) is 18.4 Å². The lowest BCUT2D eigenvalue weighted by Gasteiger charge is -2.15. The average Bonchev–Trinajstić information content (AvgIpc) is 2.29. The van der Waals surface area contributed by atoms with Crippen molar-refractivity contribution in [3.05, 3.63) is 20.8 Å². The lowest BCUT2D eigenvalue weighted by atomic mass is 10.3. The standard InChI is InChI=1S/C8H13F2N5O2/c1-14-6(16)5(13-15(2)7(14)17)12-4-8(9,10)3-11/h3-4,11H2,1-2H3,(H,12,13). The highest BCUT2D eigenvalue weighted by Crippen LogP contribution is 2.10. The quantitative estimate of drug-likeness (QED) is 0.676. The molecule has 7 nitrogen and oxygen atoms in total. The van der Waals surface area contributed by atoms with Gasteiger partial charge in [-0.05, 0) is 0 Å². The molecule has 0 aliphatic heterocycles. The Hall–Kier alpha value is -1.77. The van der Waals surface area contributed by atoms with Gasteiger partial charge in [-0.2, -0.15) is 0 Å². The normalized spacial score (nSPS) is 11.6. The number of alkyl halides is 2. The van der Waals surface area contributed by atoms with E-state index in [-0.39, 0.29) is 5.82 Å². The number of nitrogens with zero attached hydrogens (tertiary/aromatic N) is 3. The van der Waals surface area contributed by atoms with E-state index in [1.165, 1.54) is 14.1 Å². The van der Waals surface area contributed by atoms with Crippen molar-refractivity contribution < 1.29 is 8.78 Å². The molecule has 0 saturated heterocycles. The van der Waals surface area contributed by atoms with Crippen molar-refractivity contribution in [3.8, 4) is 0 Å². The first kappa shape index (κ1) is 13.3. The second-order valence-corrected chi connectivity index (χ2v) is 3.53. The number of hydrogen-bond donors (Lipinski definition) is 2. The first-order valence-corrected chi connectivity index (χ1v) is 4.74. The monoisotopic (exact) mass is 249 g/mol. The number of anilines is 1. The van der Waals surface area contributed by atoms with Gasteiger partial charge in [0, 0.05) is 14.1 Å². The van der Waals surface area contributed by atoms with Gasteiger partial charge in [-0.15, -0.1) is 5.10 Å². The summed E-state index contributed by atoms with van der Waals surface area (Å²) in [6.45, 7) is -1.66. The molecule has 3 N–H and O–H groups in total. The third-order valence-electron chi connectivity index (χ3n) is 2.13. The molecule has 0 aliphatic carbocycles. The molecule has 96 valence electrons. The van der Waals surface area contributed by atoms with E-state index in [4.69, 9.17) is 5.73 Å². The zero-order valence-corrected chi connectivity index (χ0v) is 9.41. The Balaban J connectivity index is 3.02. The molecule has 0 amide bonds. The summed E-state index contributed by atoms with van der Waals surface area (Å²) in [6, 6.07) is 0. The first-order chi connectivity index (χ1) is 7.78. The van der Waals surface area contributed by atoms with Crippen LogP contribution in [0.5, 0.6) is 0 Å². The molecule has 1 rings (SSSR count). The molecule has 1 heterocycles. The molecule has 0 aliphatic rings. The highest BCUT2D eigenvalue weighted by molar-refractivity contribution is 5.29. The molecule has 0 atom stereocenters. The van der Waals surface area contributed by atoms with E-state index in [9.17, 15) is 18.4 Å². The Morgan fingerprint density at radius 3 is 2.53 bits per heavy atom. The van der Waals surface area contributed by atoms with Gasteiger partial charge in [-0.3, -0.25) is 9.36 Å². The second kappa shape index (κ2) is 4.62. The van der Waals surface area contributed by atoms with Crippen LogP contribution < -0.4 is 22.3 Å². The maximum Gasteiger partial charge on any atom is 0.346 e. The van der Waals surface area contributed by atoms with Crippen LogP contribution in [0, 0.1) is 0 Å². The van der Waals surface area contributed by atoms with Gasteiger partial charge in [0.25, 0.3) is 11.5 Å². The fourth-order valence-corrected chi connectivity index (χ4v) is 1.09. The Morgan fingerprint density at radius 2 is 2.00 bits per heavy atom. The minimum absolute atomic E-state index is 0.317. The van der Waals surface area contributed by atoms with E-state index >= 15 is 0 Å². The average molecular weight is 249 g/mol. The topological polar surface area (TPSA) is 94.9 Å². The third-order valence-corrected chi connectivity index (χ3v) is 2.13. The Bertz CT molecular complexity index is 522. The molecule has 0 unspecified atom stereocenters. The SMILES string of the molecule is Cn1nc(NCC(F)(F)CN)c(=O)n(C)c1=O.